The van der Waals surface area contributed by atoms with Crippen LogP contribution in [-0.4, -0.2) is 66.9 Å². The second kappa shape index (κ2) is 8.75. The summed E-state index contributed by atoms with van der Waals surface area (Å²) in [6, 6.07) is 17.4. The standard InChI is InChI=1S/C26H32N4O2/c1-2-8-25-24(7-1)26(27-32-25)30-14-13-29-17-21(9-10-22(29)18-30)19-31-23-6-3-5-20(15-23)16-28-11-4-12-28/h1-3,5-8,15,21-22H,4,9-14,16-19H2/t21-,22+/m1/s1. The van der Waals surface area contributed by atoms with Crippen LogP contribution in [0.1, 0.15) is 24.8 Å². The van der Waals surface area contributed by atoms with Gasteiger partial charge in [-0.25, -0.2) is 0 Å². The molecule has 6 rings (SSSR count). The molecule has 3 saturated heterocycles. The van der Waals surface area contributed by atoms with Crippen molar-refractivity contribution in [3.05, 3.63) is 54.1 Å². The first-order valence-corrected chi connectivity index (χ1v) is 12.1. The number of aromatic nitrogens is 1. The number of anilines is 1. The first-order chi connectivity index (χ1) is 15.8. The van der Waals surface area contributed by atoms with Crippen molar-refractivity contribution in [1.82, 2.24) is 15.0 Å². The molecule has 3 fully saturated rings. The third kappa shape index (κ3) is 4.09. The molecule has 0 saturated carbocycles. The Morgan fingerprint density at radius 2 is 1.91 bits per heavy atom. The molecule has 3 aliphatic rings. The quantitative estimate of drug-likeness (QED) is 0.586. The summed E-state index contributed by atoms with van der Waals surface area (Å²) in [6.45, 7) is 8.56. The van der Waals surface area contributed by atoms with Gasteiger partial charge in [-0.15, -0.1) is 0 Å². The Kier molecular flexibility index (Phi) is 5.49. The third-order valence-electron chi connectivity index (χ3n) is 7.40. The maximum absolute atomic E-state index is 6.25. The molecule has 1 aromatic heterocycles. The van der Waals surface area contributed by atoms with Gasteiger partial charge in [0.25, 0.3) is 0 Å². The second-order valence-electron chi connectivity index (χ2n) is 9.63. The Morgan fingerprint density at radius 1 is 0.969 bits per heavy atom. The summed E-state index contributed by atoms with van der Waals surface area (Å²) in [5.74, 6) is 2.63. The van der Waals surface area contributed by atoms with Gasteiger partial charge in [0.2, 0.25) is 0 Å². The fourth-order valence-electron chi connectivity index (χ4n) is 5.43. The van der Waals surface area contributed by atoms with Crippen LogP contribution in [0.3, 0.4) is 0 Å². The van der Waals surface area contributed by atoms with Crippen LogP contribution in [0.15, 0.2) is 53.1 Å². The number of rotatable bonds is 6. The van der Waals surface area contributed by atoms with Crippen molar-refractivity contribution in [2.75, 3.05) is 50.8 Å². The van der Waals surface area contributed by atoms with Gasteiger partial charge in [0, 0.05) is 44.7 Å². The molecule has 3 aliphatic heterocycles. The molecule has 3 aromatic rings. The number of nitrogens with zero attached hydrogens (tertiary/aromatic N) is 4. The van der Waals surface area contributed by atoms with Crippen LogP contribution < -0.4 is 9.64 Å². The number of para-hydroxylation sites is 1. The lowest BCUT2D eigenvalue weighted by Crippen LogP contribution is -2.57. The van der Waals surface area contributed by atoms with Crippen LogP contribution in [0, 0.1) is 5.92 Å². The molecule has 2 atom stereocenters. The summed E-state index contributed by atoms with van der Waals surface area (Å²) in [4.78, 5) is 7.56. The highest BCUT2D eigenvalue weighted by atomic mass is 16.5. The zero-order valence-electron chi connectivity index (χ0n) is 18.7. The van der Waals surface area contributed by atoms with Gasteiger partial charge in [0.15, 0.2) is 11.4 Å². The van der Waals surface area contributed by atoms with Crippen molar-refractivity contribution in [3.8, 4) is 5.75 Å². The molecule has 6 nitrogen and oxygen atoms in total. The normalized spacial score (nSPS) is 24.3. The smallest absolute Gasteiger partial charge is 0.180 e. The second-order valence-corrected chi connectivity index (χ2v) is 9.63. The molecule has 32 heavy (non-hydrogen) atoms. The summed E-state index contributed by atoms with van der Waals surface area (Å²) >= 11 is 0. The molecular formula is C26H32N4O2. The molecule has 0 radical (unpaired) electrons. The molecule has 168 valence electrons. The zero-order chi connectivity index (χ0) is 21.3. The van der Waals surface area contributed by atoms with Crippen molar-refractivity contribution in [2.45, 2.75) is 31.8 Å². The summed E-state index contributed by atoms with van der Waals surface area (Å²) < 4.78 is 11.8. The predicted molar refractivity (Wildman–Crippen MR) is 126 cm³/mol. The summed E-state index contributed by atoms with van der Waals surface area (Å²) in [6.07, 6.45) is 3.78. The number of hydrogen-bond acceptors (Lipinski definition) is 6. The number of hydrogen-bond donors (Lipinski definition) is 0. The molecule has 0 bridgehead atoms. The van der Waals surface area contributed by atoms with Gasteiger partial charge in [0.1, 0.15) is 5.75 Å². The lowest BCUT2D eigenvalue weighted by Gasteiger charge is -2.46. The van der Waals surface area contributed by atoms with E-state index in [4.69, 9.17) is 9.26 Å². The van der Waals surface area contributed by atoms with E-state index in [0.717, 1.165) is 61.9 Å². The minimum absolute atomic E-state index is 0.593. The first-order valence-electron chi connectivity index (χ1n) is 12.1. The number of piperazine rings is 1. The average molecular weight is 433 g/mol. The fraction of sp³-hybridized carbons (Fsp3) is 0.500. The topological polar surface area (TPSA) is 45.0 Å². The van der Waals surface area contributed by atoms with E-state index >= 15 is 0 Å². The Bertz CT molecular complexity index is 1060. The number of piperidine rings is 1. The lowest BCUT2D eigenvalue weighted by atomic mass is 9.91. The van der Waals surface area contributed by atoms with Crippen LogP contribution in [0.25, 0.3) is 11.0 Å². The van der Waals surface area contributed by atoms with Gasteiger partial charge >= 0.3 is 0 Å². The first kappa shape index (κ1) is 20.1. The van der Waals surface area contributed by atoms with E-state index in [0.29, 0.717) is 12.0 Å². The molecule has 0 N–H and O–H groups in total. The molecular weight excluding hydrogens is 400 g/mol. The van der Waals surface area contributed by atoms with Crippen molar-refractivity contribution in [1.29, 1.82) is 0 Å². The Hall–Kier alpha value is -2.57. The van der Waals surface area contributed by atoms with Crippen LogP contribution >= 0.6 is 0 Å². The summed E-state index contributed by atoms with van der Waals surface area (Å²) in [7, 11) is 0. The Morgan fingerprint density at radius 3 is 2.81 bits per heavy atom. The lowest BCUT2D eigenvalue weighted by molar-refractivity contribution is 0.0726. The van der Waals surface area contributed by atoms with Crippen LogP contribution in [0.2, 0.25) is 0 Å². The van der Waals surface area contributed by atoms with E-state index in [9.17, 15) is 0 Å². The van der Waals surface area contributed by atoms with Gasteiger partial charge < -0.3 is 14.2 Å². The van der Waals surface area contributed by atoms with Crippen molar-refractivity contribution in [2.24, 2.45) is 5.92 Å². The van der Waals surface area contributed by atoms with E-state index in [1.165, 1.54) is 37.9 Å². The summed E-state index contributed by atoms with van der Waals surface area (Å²) in [5, 5.41) is 5.50. The minimum atomic E-state index is 0.593. The number of likely N-dealkylation sites (tertiary alicyclic amines) is 1. The highest BCUT2D eigenvalue weighted by molar-refractivity contribution is 5.88. The highest BCUT2D eigenvalue weighted by Crippen LogP contribution is 2.31. The minimum Gasteiger partial charge on any atom is -0.493 e. The van der Waals surface area contributed by atoms with E-state index in [2.05, 4.69) is 56.3 Å². The number of ether oxygens (including phenoxy) is 1. The van der Waals surface area contributed by atoms with Crippen LogP contribution in [0.5, 0.6) is 5.75 Å². The SMILES string of the molecule is c1cc(CN2CCC2)cc(OC[C@@H]2CC[C@H]3CN(c4noc5ccccc45)CCN3C2)c1. The average Bonchev–Trinajstić information content (AvgIpc) is 3.24. The largest absolute Gasteiger partial charge is 0.493 e. The van der Waals surface area contributed by atoms with Gasteiger partial charge in [-0.05, 0) is 62.2 Å². The van der Waals surface area contributed by atoms with Gasteiger partial charge in [-0.3, -0.25) is 9.80 Å². The van der Waals surface area contributed by atoms with E-state index < -0.39 is 0 Å². The Labute approximate surface area is 189 Å². The molecule has 0 unspecified atom stereocenters. The monoisotopic (exact) mass is 432 g/mol. The number of fused-ring (bicyclic) bond motifs is 2. The van der Waals surface area contributed by atoms with E-state index in [-0.39, 0.29) is 0 Å². The van der Waals surface area contributed by atoms with Gasteiger partial charge in [0.05, 0.1) is 12.0 Å². The van der Waals surface area contributed by atoms with Crippen LogP contribution in [-0.2, 0) is 6.54 Å². The number of benzene rings is 2. The van der Waals surface area contributed by atoms with E-state index in [1.807, 2.05) is 12.1 Å². The van der Waals surface area contributed by atoms with Gasteiger partial charge in [-0.1, -0.05) is 29.4 Å². The van der Waals surface area contributed by atoms with E-state index in [1.54, 1.807) is 0 Å². The molecule has 2 aromatic carbocycles. The molecule has 0 aliphatic carbocycles. The molecule has 4 heterocycles. The predicted octanol–water partition coefficient (Wildman–Crippen LogP) is 4.01. The maximum atomic E-state index is 6.25. The Balaban J connectivity index is 1.03. The van der Waals surface area contributed by atoms with Crippen molar-refractivity contribution < 1.29 is 9.26 Å². The highest BCUT2D eigenvalue weighted by Gasteiger charge is 2.34. The third-order valence-corrected chi connectivity index (χ3v) is 7.40. The molecule has 0 amide bonds. The summed E-state index contributed by atoms with van der Waals surface area (Å²) in [5.41, 5.74) is 2.24. The maximum Gasteiger partial charge on any atom is 0.180 e. The van der Waals surface area contributed by atoms with Crippen molar-refractivity contribution >= 4 is 16.8 Å². The molecule has 0 spiro atoms. The fourth-order valence-corrected chi connectivity index (χ4v) is 5.43. The zero-order valence-corrected chi connectivity index (χ0v) is 18.7. The van der Waals surface area contributed by atoms with Gasteiger partial charge in [-0.2, -0.15) is 0 Å². The van der Waals surface area contributed by atoms with Crippen LogP contribution in [0.4, 0.5) is 5.82 Å². The molecule has 6 heteroatoms. The van der Waals surface area contributed by atoms with Crippen molar-refractivity contribution in [3.63, 3.8) is 0 Å².